The molecular weight excluding hydrogens is 330 g/mol. The highest BCUT2D eigenvalue weighted by Gasteiger charge is 2.29. The number of ketones is 1. The van der Waals surface area contributed by atoms with Crippen LogP contribution in [0.1, 0.15) is 28.4 Å². The zero-order chi connectivity index (χ0) is 14.3. The van der Waals surface area contributed by atoms with Crippen LogP contribution in [0.3, 0.4) is 0 Å². The minimum absolute atomic E-state index is 0.0101. The topological polar surface area (TPSA) is 26.3 Å². The number of rotatable bonds is 1. The highest BCUT2D eigenvalue weighted by Crippen LogP contribution is 2.37. The first kappa shape index (κ1) is 13.2. The van der Waals surface area contributed by atoms with Crippen LogP contribution >= 0.6 is 15.9 Å². The predicted octanol–water partition coefficient (Wildman–Crippen LogP) is 4.43. The van der Waals surface area contributed by atoms with Crippen molar-refractivity contribution < 1.29 is 18.3 Å². The fourth-order valence-corrected chi connectivity index (χ4v) is 2.59. The Morgan fingerprint density at radius 2 is 1.95 bits per heavy atom. The van der Waals surface area contributed by atoms with Crippen LogP contribution in [0.15, 0.2) is 40.9 Å². The lowest BCUT2D eigenvalue weighted by molar-refractivity contribution is 0.0845. The summed E-state index contributed by atoms with van der Waals surface area (Å²) in [5.74, 6) is -0.900. The van der Waals surface area contributed by atoms with E-state index >= 15 is 0 Å². The fourth-order valence-electron chi connectivity index (χ4n) is 2.23. The normalized spacial score (nSPS) is 17.6. The molecule has 0 fully saturated rings. The Balaban J connectivity index is 2.01. The minimum Gasteiger partial charge on any atom is -0.484 e. The van der Waals surface area contributed by atoms with Crippen molar-refractivity contribution in [3.05, 3.63) is 63.6 Å². The molecule has 1 aliphatic heterocycles. The van der Waals surface area contributed by atoms with Crippen molar-refractivity contribution in [2.45, 2.75) is 12.5 Å². The summed E-state index contributed by atoms with van der Waals surface area (Å²) >= 11 is 3.28. The Hall–Kier alpha value is -1.75. The van der Waals surface area contributed by atoms with Crippen molar-refractivity contribution >= 4 is 21.7 Å². The maximum absolute atomic E-state index is 13.8. The third-order valence-corrected chi connectivity index (χ3v) is 3.68. The van der Waals surface area contributed by atoms with E-state index < -0.39 is 17.7 Å². The molecule has 0 N–H and O–H groups in total. The summed E-state index contributed by atoms with van der Waals surface area (Å²) in [4.78, 5) is 12.1. The smallest absolute Gasteiger partial charge is 0.170 e. The maximum Gasteiger partial charge on any atom is 0.170 e. The van der Waals surface area contributed by atoms with E-state index in [0.717, 1.165) is 22.7 Å². The molecule has 0 bridgehead atoms. The van der Waals surface area contributed by atoms with Gasteiger partial charge in [0.2, 0.25) is 0 Å². The van der Waals surface area contributed by atoms with E-state index in [2.05, 4.69) is 15.9 Å². The van der Waals surface area contributed by atoms with Gasteiger partial charge in [0.05, 0.1) is 12.0 Å². The van der Waals surface area contributed by atoms with Crippen molar-refractivity contribution in [3.8, 4) is 5.75 Å². The molecule has 0 spiro atoms. The molecule has 20 heavy (non-hydrogen) atoms. The SMILES string of the molecule is O=C1CC(c2cc(F)ccc2F)Oc2ccc(Br)cc21. The quantitative estimate of drug-likeness (QED) is 0.768. The standard InChI is InChI=1S/C15H9BrF2O2/c16-8-1-4-14-11(5-8)13(19)7-15(20-14)10-6-9(17)2-3-12(10)18/h1-6,15H,7H2. The second-order valence-electron chi connectivity index (χ2n) is 4.54. The van der Waals surface area contributed by atoms with E-state index in [-0.39, 0.29) is 17.8 Å². The minimum atomic E-state index is -0.799. The van der Waals surface area contributed by atoms with E-state index in [1.807, 2.05) is 0 Å². The van der Waals surface area contributed by atoms with Gasteiger partial charge in [0.1, 0.15) is 23.5 Å². The Kier molecular flexibility index (Phi) is 3.30. The molecule has 1 heterocycles. The van der Waals surface area contributed by atoms with Crippen LogP contribution in [0.2, 0.25) is 0 Å². The number of halogens is 3. The lowest BCUT2D eigenvalue weighted by Crippen LogP contribution is -2.21. The van der Waals surface area contributed by atoms with Gasteiger partial charge < -0.3 is 4.74 Å². The summed E-state index contributed by atoms with van der Waals surface area (Å²) in [6.45, 7) is 0. The molecule has 0 aromatic heterocycles. The lowest BCUT2D eigenvalue weighted by atomic mass is 9.96. The summed E-state index contributed by atoms with van der Waals surface area (Å²) in [6.07, 6.45) is -0.809. The Morgan fingerprint density at radius 1 is 1.15 bits per heavy atom. The van der Waals surface area contributed by atoms with Crippen molar-refractivity contribution in [2.75, 3.05) is 0 Å². The Morgan fingerprint density at radius 3 is 2.75 bits per heavy atom. The third kappa shape index (κ3) is 2.33. The van der Waals surface area contributed by atoms with Crippen molar-refractivity contribution in [2.24, 2.45) is 0 Å². The number of benzene rings is 2. The van der Waals surface area contributed by atoms with Gasteiger partial charge in [0, 0.05) is 10.0 Å². The van der Waals surface area contributed by atoms with E-state index in [0.29, 0.717) is 11.3 Å². The molecule has 0 saturated carbocycles. The molecule has 5 heteroatoms. The van der Waals surface area contributed by atoms with Gasteiger partial charge in [-0.15, -0.1) is 0 Å². The molecule has 1 unspecified atom stereocenters. The molecule has 2 aromatic rings. The van der Waals surface area contributed by atoms with Crippen LogP contribution in [-0.4, -0.2) is 5.78 Å². The summed E-state index contributed by atoms with van der Waals surface area (Å²) in [5, 5.41) is 0. The number of carbonyl (C=O) groups excluding carboxylic acids is 1. The van der Waals surface area contributed by atoms with Crippen molar-refractivity contribution in [3.63, 3.8) is 0 Å². The highest BCUT2D eigenvalue weighted by molar-refractivity contribution is 9.10. The molecule has 1 atom stereocenters. The van der Waals surface area contributed by atoms with E-state index in [1.54, 1.807) is 18.2 Å². The van der Waals surface area contributed by atoms with E-state index in [9.17, 15) is 13.6 Å². The molecule has 102 valence electrons. The van der Waals surface area contributed by atoms with Crippen LogP contribution < -0.4 is 4.74 Å². The monoisotopic (exact) mass is 338 g/mol. The molecule has 0 aliphatic carbocycles. The zero-order valence-electron chi connectivity index (χ0n) is 10.2. The van der Waals surface area contributed by atoms with Gasteiger partial charge >= 0.3 is 0 Å². The predicted molar refractivity (Wildman–Crippen MR) is 72.8 cm³/mol. The third-order valence-electron chi connectivity index (χ3n) is 3.19. The van der Waals surface area contributed by atoms with Gasteiger partial charge in [-0.05, 0) is 36.4 Å². The fraction of sp³-hybridized carbons (Fsp3) is 0.133. The van der Waals surface area contributed by atoms with Crippen LogP contribution in [0.25, 0.3) is 0 Å². The number of fused-ring (bicyclic) bond motifs is 1. The molecule has 0 saturated heterocycles. The van der Waals surface area contributed by atoms with Crippen molar-refractivity contribution in [1.82, 2.24) is 0 Å². The van der Waals surface area contributed by atoms with Crippen LogP contribution in [0, 0.1) is 11.6 Å². The van der Waals surface area contributed by atoms with Gasteiger partial charge in [0.25, 0.3) is 0 Å². The first-order valence-electron chi connectivity index (χ1n) is 5.99. The van der Waals surface area contributed by atoms with Crippen LogP contribution in [0.5, 0.6) is 5.75 Å². The molecular formula is C15H9BrF2O2. The number of ether oxygens (including phenoxy) is 1. The first-order valence-corrected chi connectivity index (χ1v) is 6.78. The van der Waals surface area contributed by atoms with Gasteiger partial charge in [-0.25, -0.2) is 8.78 Å². The summed E-state index contributed by atoms with van der Waals surface area (Å²) < 4.78 is 33.4. The number of hydrogen-bond donors (Lipinski definition) is 0. The second kappa shape index (κ2) is 4.98. The summed E-state index contributed by atoms with van der Waals surface area (Å²) in [5.41, 5.74) is 0.513. The number of hydrogen-bond acceptors (Lipinski definition) is 2. The van der Waals surface area contributed by atoms with Gasteiger partial charge in [-0.3, -0.25) is 4.79 Å². The Labute approximate surface area is 122 Å². The second-order valence-corrected chi connectivity index (χ2v) is 5.46. The van der Waals surface area contributed by atoms with E-state index in [4.69, 9.17) is 4.74 Å². The molecule has 1 aliphatic rings. The molecule has 2 aromatic carbocycles. The summed E-state index contributed by atoms with van der Waals surface area (Å²) in [6, 6.07) is 8.17. The first-order chi connectivity index (χ1) is 9.54. The average molecular weight is 339 g/mol. The van der Waals surface area contributed by atoms with Crippen LogP contribution in [0.4, 0.5) is 8.78 Å². The number of carbonyl (C=O) groups is 1. The zero-order valence-corrected chi connectivity index (χ0v) is 11.8. The maximum atomic E-state index is 13.8. The lowest BCUT2D eigenvalue weighted by Gasteiger charge is -2.25. The Bertz CT molecular complexity index is 700. The molecule has 2 nitrogen and oxygen atoms in total. The van der Waals surface area contributed by atoms with Crippen LogP contribution in [-0.2, 0) is 0 Å². The highest BCUT2D eigenvalue weighted by atomic mass is 79.9. The largest absolute Gasteiger partial charge is 0.484 e. The van der Waals surface area contributed by atoms with E-state index in [1.165, 1.54) is 0 Å². The van der Waals surface area contributed by atoms with Gasteiger partial charge in [-0.1, -0.05) is 15.9 Å². The molecule has 0 radical (unpaired) electrons. The summed E-state index contributed by atoms with van der Waals surface area (Å²) in [7, 11) is 0. The molecule has 0 amide bonds. The van der Waals surface area contributed by atoms with Crippen molar-refractivity contribution in [1.29, 1.82) is 0 Å². The van der Waals surface area contributed by atoms with Gasteiger partial charge in [-0.2, -0.15) is 0 Å². The van der Waals surface area contributed by atoms with Gasteiger partial charge in [0.15, 0.2) is 5.78 Å². The number of Topliss-reactive ketones (excluding diaryl/α,β-unsaturated/α-hetero) is 1. The average Bonchev–Trinajstić information content (AvgIpc) is 2.42. The molecule has 3 rings (SSSR count).